The third-order valence-corrected chi connectivity index (χ3v) is 4.47. The Morgan fingerprint density at radius 2 is 1.61 bits per heavy atom. The van der Waals surface area contributed by atoms with Crippen LogP contribution in [0.4, 0.5) is 0 Å². The van der Waals surface area contributed by atoms with Gasteiger partial charge in [0.1, 0.15) is 11.9 Å². The van der Waals surface area contributed by atoms with E-state index < -0.39 is 11.9 Å². The number of amides is 2. The highest BCUT2D eigenvalue weighted by Crippen LogP contribution is 2.23. The smallest absolute Gasteiger partial charge is 0.262 e. The van der Waals surface area contributed by atoms with Crippen molar-refractivity contribution in [3.8, 4) is 0 Å². The molecule has 2 aromatic carbocycles. The summed E-state index contributed by atoms with van der Waals surface area (Å²) in [6.07, 6.45) is 0.532. The lowest BCUT2D eigenvalue weighted by atomic mass is 10.0. The maximum absolute atomic E-state index is 13.0. The van der Waals surface area contributed by atoms with Gasteiger partial charge in [0.05, 0.1) is 10.9 Å². The van der Waals surface area contributed by atoms with E-state index in [0.29, 0.717) is 23.1 Å². The van der Waals surface area contributed by atoms with Crippen molar-refractivity contribution in [2.24, 2.45) is 0 Å². The predicted octanol–water partition coefficient (Wildman–Crippen LogP) is 3.89. The Bertz CT molecular complexity index is 1070. The quantitative estimate of drug-likeness (QED) is 0.512. The van der Waals surface area contributed by atoms with Gasteiger partial charge in [-0.2, -0.15) is 0 Å². The Morgan fingerprint density at radius 3 is 2.21 bits per heavy atom. The van der Waals surface area contributed by atoms with Crippen molar-refractivity contribution in [1.29, 1.82) is 0 Å². The second-order valence-electron chi connectivity index (χ2n) is 6.02. The Hall–Kier alpha value is -3.02. The third kappa shape index (κ3) is 3.96. The number of nitrogens with one attached hydrogen (secondary N) is 1. The molecule has 0 radical (unpaired) electrons. The van der Waals surface area contributed by atoms with Gasteiger partial charge in [0, 0.05) is 6.42 Å². The maximum atomic E-state index is 13.0. The first kappa shape index (κ1) is 21.3. The number of hydrogen-bond donors (Lipinski definition) is 1. The summed E-state index contributed by atoms with van der Waals surface area (Å²) in [5.74, 6) is -0.280. The molecule has 148 valence electrons. The standard InChI is InChI=1S/C18H15N3O3.2C2H6/c1-10-19-14-9-12-5-3-2-4-11(12)8-13(14)18(24)21(10)15-6-7-16(22)20-17(15)23;2*1-2/h2-5,8-9,15H,6-7H2,1H3,(H,20,22,23);2*1-2H3/t15-;;/m0../s1. The van der Waals surface area contributed by atoms with Crippen molar-refractivity contribution in [1.82, 2.24) is 14.9 Å². The van der Waals surface area contributed by atoms with Crippen LogP contribution in [0.3, 0.4) is 0 Å². The highest BCUT2D eigenvalue weighted by molar-refractivity contribution is 6.00. The largest absolute Gasteiger partial charge is 0.295 e. The van der Waals surface area contributed by atoms with E-state index in [-0.39, 0.29) is 17.9 Å². The van der Waals surface area contributed by atoms with Crippen molar-refractivity contribution in [2.75, 3.05) is 0 Å². The fourth-order valence-corrected chi connectivity index (χ4v) is 3.29. The summed E-state index contributed by atoms with van der Waals surface area (Å²) in [6.45, 7) is 9.71. The number of benzene rings is 2. The second-order valence-corrected chi connectivity index (χ2v) is 6.02. The molecule has 1 aromatic heterocycles. The first-order chi connectivity index (χ1) is 13.5. The van der Waals surface area contributed by atoms with Gasteiger partial charge in [-0.1, -0.05) is 52.0 Å². The molecular weight excluding hydrogens is 354 g/mol. The molecule has 0 unspecified atom stereocenters. The van der Waals surface area contributed by atoms with Gasteiger partial charge >= 0.3 is 0 Å². The van der Waals surface area contributed by atoms with Gasteiger partial charge in [-0.15, -0.1) is 0 Å². The number of imide groups is 1. The summed E-state index contributed by atoms with van der Waals surface area (Å²) in [7, 11) is 0. The molecule has 2 amide bonds. The normalized spacial score (nSPS) is 16.0. The number of carbonyl (C=O) groups excluding carboxylic acids is 2. The molecule has 3 aromatic rings. The van der Waals surface area contributed by atoms with Crippen LogP contribution in [0.5, 0.6) is 0 Å². The van der Waals surface area contributed by atoms with Gasteiger partial charge in [-0.3, -0.25) is 24.3 Å². The summed E-state index contributed by atoms with van der Waals surface area (Å²) in [4.78, 5) is 41.0. The lowest BCUT2D eigenvalue weighted by Crippen LogP contribution is -2.45. The fraction of sp³-hybridized carbons (Fsp3) is 0.364. The molecule has 1 atom stereocenters. The van der Waals surface area contributed by atoms with Gasteiger partial charge in [0.15, 0.2) is 0 Å². The highest BCUT2D eigenvalue weighted by Gasteiger charge is 2.30. The number of hydrogen-bond acceptors (Lipinski definition) is 4. The average Bonchev–Trinajstić information content (AvgIpc) is 2.71. The van der Waals surface area contributed by atoms with E-state index in [1.54, 1.807) is 6.92 Å². The average molecular weight is 381 g/mol. The summed E-state index contributed by atoms with van der Waals surface area (Å²) in [5.41, 5.74) is 0.359. The molecule has 1 saturated heterocycles. The topological polar surface area (TPSA) is 81.1 Å². The fourth-order valence-electron chi connectivity index (χ4n) is 3.29. The lowest BCUT2D eigenvalue weighted by Gasteiger charge is -2.24. The van der Waals surface area contributed by atoms with Crippen molar-refractivity contribution >= 4 is 33.5 Å². The van der Waals surface area contributed by atoms with Crippen molar-refractivity contribution in [3.63, 3.8) is 0 Å². The first-order valence-electron chi connectivity index (χ1n) is 9.80. The monoisotopic (exact) mass is 381 g/mol. The van der Waals surface area contributed by atoms with Crippen molar-refractivity contribution in [2.45, 2.75) is 53.5 Å². The molecule has 28 heavy (non-hydrogen) atoms. The van der Waals surface area contributed by atoms with E-state index in [0.717, 1.165) is 10.8 Å². The Morgan fingerprint density at radius 1 is 1.00 bits per heavy atom. The van der Waals surface area contributed by atoms with Crippen LogP contribution in [0.25, 0.3) is 21.7 Å². The molecule has 4 rings (SSSR count). The zero-order valence-corrected chi connectivity index (χ0v) is 17.1. The van der Waals surface area contributed by atoms with Crippen LogP contribution in [-0.2, 0) is 9.59 Å². The number of aromatic nitrogens is 2. The summed E-state index contributed by atoms with van der Waals surface area (Å²) < 4.78 is 1.40. The van der Waals surface area contributed by atoms with E-state index in [4.69, 9.17) is 0 Å². The van der Waals surface area contributed by atoms with Crippen LogP contribution >= 0.6 is 0 Å². The zero-order valence-electron chi connectivity index (χ0n) is 17.1. The number of aryl methyl sites for hydroxylation is 1. The molecule has 0 saturated carbocycles. The molecular formula is C22H27N3O3. The Balaban J connectivity index is 0.000000660. The molecule has 6 nitrogen and oxygen atoms in total. The highest BCUT2D eigenvalue weighted by atomic mass is 16.2. The summed E-state index contributed by atoms with van der Waals surface area (Å²) in [5, 5.41) is 4.73. The van der Waals surface area contributed by atoms with Crippen molar-refractivity contribution < 1.29 is 9.59 Å². The van der Waals surface area contributed by atoms with E-state index in [2.05, 4.69) is 10.3 Å². The predicted molar refractivity (Wildman–Crippen MR) is 112 cm³/mol. The van der Waals surface area contributed by atoms with E-state index >= 15 is 0 Å². The number of fused-ring (bicyclic) bond motifs is 2. The molecule has 1 aliphatic rings. The summed E-state index contributed by atoms with van der Waals surface area (Å²) >= 11 is 0. The Kier molecular flexibility index (Phi) is 7.04. The van der Waals surface area contributed by atoms with Gasteiger partial charge in [0.2, 0.25) is 11.8 Å². The summed E-state index contributed by atoms with van der Waals surface area (Å²) in [6, 6.07) is 10.7. The minimum absolute atomic E-state index is 0.220. The van der Waals surface area contributed by atoms with Crippen molar-refractivity contribution in [3.05, 3.63) is 52.6 Å². The second kappa shape index (κ2) is 9.26. The van der Waals surface area contributed by atoms with Gasteiger partial charge < -0.3 is 0 Å². The van der Waals surface area contributed by atoms with E-state index in [9.17, 15) is 14.4 Å². The van der Waals surface area contributed by atoms with Crippen LogP contribution in [-0.4, -0.2) is 21.4 Å². The molecule has 0 spiro atoms. The maximum Gasteiger partial charge on any atom is 0.262 e. The van der Waals surface area contributed by atoms with E-state index in [1.165, 1.54) is 4.57 Å². The van der Waals surface area contributed by atoms with Crippen LogP contribution in [0, 0.1) is 6.92 Å². The molecule has 1 N–H and O–H groups in total. The molecule has 1 fully saturated rings. The van der Waals surface area contributed by atoms with Gasteiger partial charge in [-0.25, -0.2) is 4.98 Å². The van der Waals surface area contributed by atoms with Crippen LogP contribution in [0.2, 0.25) is 0 Å². The third-order valence-electron chi connectivity index (χ3n) is 4.47. The number of carbonyl (C=O) groups is 2. The molecule has 0 aliphatic carbocycles. The Labute approximate surface area is 164 Å². The number of piperidine rings is 1. The molecule has 6 heteroatoms. The van der Waals surface area contributed by atoms with Gasteiger partial charge in [0.25, 0.3) is 5.56 Å². The minimum Gasteiger partial charge on any atom is -0.295 e. The van der Waals surface area contributed by atoms with Crippen LogP contribution in [0.1, 0.15) is 52.4 Å². The first-order valence-corrected chi connectivity index (χ1v) is 9.80. The number of nitrogens with zero attached hydrogens (tertiary/aromatic N) is 2. The molecule has 2 heterocycles. The SMILES string of the molecule is CC.CC.Cc1nc2cc3ccccc3cc2c(=O)n1[C@H]1CCC(=O)NC1=O. The lowest BCUT2D eigenvalue weighted by molar-refractivity contribution is -0.135. The van der Waals surface area contributed by atoms with Crippen LogP contribution in [0.15, 0.2) is 41.2 Å². The molecule has 0 bridgehead atoms. The minimum atomic E-state index is -0.696. The zero-order chi connectivity index (χ0) is 20.8. The van der Waals surface area contributed by atoms with E-state index in [1.807, 2.05) is 64.1 Å². The molecule has 1 aliphatic heterocycles. The number of rotatable bonds is 1. The van der Waals surface area contributed by atoms with Gasteiger partial charge in [-0.05, 0) is 36.2 Å². The van der Waals surface area contributed by atoms with Crippen LogP contribution < -0.4 is 10.9 Å².